The molecule has 0 N–H and O–H groups in total. The first kappa shape index (κ1) is 18.6. The fourth-order valence-electron chi connectivity index (χ4n) is 2.77. The highest BCUT2D eigenvalue weighted by Crippen LogP contribution is 2.23. The van der Waals surface area contributed by atoms with Crippen molar-refractivity contribution in [3.8, 4) is 0 Å². The minimum atomic E-state index is -3.62. The first-order chi connectivity index (χ1) is 11.1. The maximum atomic E-state index is 12.7. The summed E-state index contributed by atoms with van der Waals surface area (Å²) in [4.78, 5) is 21.9. The van der Waals surface area contributed by atoms with E-state index in [9.17, 15) is 13.2 Å². The number of amides is 1. The number of rotatable bonds is 3. The summed E-state index contributed by atoms with van der Waals surface area (Å²) >= 11 is 0. The number of aryl methyl sites for hydroxylation is 1. The predicted molar refractivity (Wildman–Crippen MR) is 89.4 cm³/mol. The van der Waals surface area contributed by atoms with Gasteiger partial charge in [-0.05, 0) is 47.0 Å². The fourth-order valence-corrected chi connectivity index (χ4v) is 4.50. The lowest BCUT2D eigenvalue weighted by Crippen LogP contribution is -2.49. The number of hydrogen-bond donors (Lipinski definition) is 0. The van der Waals surface area contributed by atoms with Gasteiger partial charge in [-0.1, -0.05) is 0 Å². The van der Waals surface area contributed by atoms with Crippen LogP contribution in [-0.2, 0) is 14.6 Å². The van der Waals surface area contributed by atoms with Gasteiger partial charge in [0.05, 0.1) is 11.4 Å². The molecule has 0 aromatic carbocycles. The van der Waals surface area contributed by atoms with Gasteiger partial charge >= 0.3 is 6.09 Å². The Kier molecular flexibility index (Phi) is 5.47. The Morgan fingerprint density at radius 2 is 1.96 bits per heavy atom. The molecule has 24 heavy (non-hydrogen) atoms. The second-order valence-corrected chi connectivity index (χ2v) is 9.00. The van der Waals surface area contributed by atoms with E-state index in [4.69, 9.17) is 4.74 Å². The average molecular weight is 355 g/mol. The molecule has 1 aliphatic rings. The minimum absolute atomic E-state index is 0.0142. The molecule has 8 heteroatoms. The zero-order valence-electron chi connectivity index (χ0n) is 14.7. The van der Waals surface area contributed by atoms with Crippen LogP contribution < -0.4 is 0 Å². The van der Waals surface area contributed by atoms with Crippen LogP contribution in [0.15, 0.2) is 17.4 Å². The first-order valence-electron chi connectivity index (χ1n) is 8.10. The van der Waals surface area contributed by atoms with E-state index < -0.39 is 27.6 Å². The minimum Gasteiger partial charge on any atom is -0.444 e. The van der Waals surface area contributed by atoms with Gasteiger partial charge in [0.2, 0.25) is 0 Å². The standard InChI is InChI=1S/C16H25N3O4S/c1-12-14(18-9-8-17-12)24(21,22)11-13-7-5-6-10-19(13)15(20)23-16(2,3)4/h8-9,13H,5-7,10-11H2,1-4H3. The molecule has 7 nitrogen and oxygen atoms in total. The van der Waals surface area contributed by atoms with Crippen molar-refractivity contribution in [3.63, 3.8) is 0 Å². The third-order valence-electron chi connectivity index (χ3n) is 3.80. The van der Waals surface area contributed by atoms with Crippen LogP contribution in [0, 0.1) is 6.92 Å². The van der Waals surface area contributed by atoms with Crippen LogP contribution in [0.4, 0.5) is 4.79 Å². The molecule has 0 spiro atoms. The van der Waals surface area contributed by atoms with Crippen molar-refractivity contribution in [2.75, 3.05) is 12.3 Å². The Morgan fingerprint density at radius 3 is 2.58 bits per heavy atom. The van der Waals surface area contributed by atoms with Gasteiger partial charge in [0.15, 0.2) is 14.9 Å². The Hall–Kier alpha value is -1.70. The van der Waals surface area contributed by atoms with Crippen LogP contribution >= 0.6 is 0 Å². The number of carbonyl (C=O) groups is 1. The van der Waals surface area contributed by atoms with Gasteiger partial charge in [-0.15, -0.1) is 0 Å². The molecule has 0 aliphatic carbocycles. The zero-order valence-corrected chi connectivity index (χ0v) is 15.5. The normalized spacial score (nSPS) is 19.2. The molecule has 1 atom stereocenters. The smallest absolute Gasteiger partial charge is 0.410 e. The van der Waals surface area contributed by atoms with E-state index >= 15 is 0 Å². The number of nitrogens with zero attached hydrogens (tertiary/aromatic N) is 3. The van der Waals surface area contributed by atoms with Gasteiger partial charge in [0.1, 0.15) is 5.60 Å². The quantitative estimate of drug-likeness (QED) is 0.827. The van der Waals surface area contributed by atoms with Crippen molar-refractivity contribution < 1.29 is 17.9 Å². The van der Waals surface area contributed by atoms with Crippen molar-refractivity contribution in [1.82, 2.24) is 14.9 Å². The van der Waals surface area contributed by atoms with E-state index in [0.717, 1.165) is 12.8 Å². The molecular weight excluding hydrogens is 330 g/mol. The lowest BCUT2D eigenvalue weighted by molar-refractivity contribution is 0.0124. The second-order valence-electron chi connectivity index (χ2n) is 7.05. The molecule has 0 bridgehead atoms. The van der Waals surface area contributed by atoms with Crippen molar-refractivity contribution >= 4 is 15.9 Å². The third kappa shape index (κ3) is 4.66. The molecular formula is C16H25N3O4S. The van der Waals surface area contributed by atoms with E-state index in [-0.39, 0.29) is 10.8 Å². The van der Waals surface area contributed by atoms with Gasteiger partial charge < -0.3 is 9.64 Å². The summed E-state index contributed by atoms with van der Waals surface area (Å²) in [5, 5.41) is -0.0142. The Bertz CT molecular complexity index is 698. The van der Waals surface area contributed by atoms with E-state index in [0.29, 0.717) is 18.7 Å². The number of ether oxygens (including phenoxy) is 1. The third-order valence-corrected chi connectivity index (χ3v) is 5.61. The SMILES string of the molecule is Cc1nccnc1S(=O)(=O)CC1CCCCN1C(=O)OC(C)(C)C. The van der Waals surface area contributed by atoms with E-state index in [1.807, 2.05) is 0 Å². The first-order valence-corrected chi connectivity index (χ1v) is 9.75. The molecule has 2 heterocycles. The van der Waals surface area contributed by atoms with Gasteiger partial charge in [-0.25, -0.2) is 18.2 Å². The van der Waals surface area contributed by atoms with Crippen molar-refractivity contribution in [1.29, 1.82) is 0 Å². The number of hydrogen-bond acceptors (Lipinski definition) is 6. The summed E-state index contributed by atoms with van der Waals surface area (Å²) in [6, 6.07) is -0.403. The van der Waals surface area contributed by atoms with Crippen LogP contribution in [0.1, 0.15) is 45.7 Å². The number of carbonyl (C=O) groups excluding carboxylic acids is 1. The molecule has 1 fully saturated rings. The molecule has 0 radical (unpaired) electrons. The maximum absolute atomic E-state index is 12.7. The van der Waals surface area contributed by atoms with Crippen molar-refractivity contribution in [3.05, 3.63) is 18.1 Å². The molecule has 1 aromatic heterocycles. The predicted octanol–water partition coefficient (Wildman–Crippen LogP) is 2.35. The lowest BCUT2D eigenvalue weighted by Gasteiger charge is -2.36. The zero-order chi connectivity index (χ0) is 18.0. The van der Waals surface area contributed by atoms with Crippen LogP contribution in [-0.4, -0.2) is 53.3 Å². The van der Waals surface area contributed by atoms with Gasteiger partial charge in [-0.2, -0.15) is 0 Å². The van der Waals surface area contributed by atoms with E-state index in [2.05, 4.69) is 9.97 Å². The van der Waals surface area contributed by atoms with Gasteiger partial charge in [0.25, 0.3) is 0 Å². The summed E-state index contributed by atoms with van der Waals surface area (Å²) in [6.45, 7) is 7.51. The van der Waals surface area contributed by atoms with Gasteiger partial charge in [-0.3, -0.25) is 4.98 Å². The Labute approximate surface area is 143 Å². The maximum Gasteiger partial charge on any atom is 0.410 e. The van der Waals surface area contributed by atoms with Crippen molar-refractivity contribution in [2.24, 2.45) is 0 Å². The molecule has 2 rings (SSSR count). The second kappa shape index (κ2) is 7.04. The summed E-state index contributed by atoms with van der Waals surface area (Å²) < 4.78 is 30.8. The number of sulfone groups is 1. The Morgan fingerprint density at radius 1 is 1.29 bits per heavy atom. The molecule has 1 amide bonds. The topological polar surface area (TPSA) is 89.5 Å². The monoisotopic (exact) mass is 355 g/mol. The van der Waals surface area contributed by atoms with Crippen LogP contribution in [0.3, 0.4) is 0 Å². The summed E-state index contributed by atoms with van der Waals surface area (Å²) in [5.74, 6) is -0.161. The molecule has 1 unspecified atom stereocenters. The van der Waals surface area contributed by atoms with Crippen LogP contribution in [0.5, 0.6) is 0 Å². The molecule has 1 saturated heterocycles. The van der Waals surface area contributed by atoms with E-state index in [1.165, 1.54) is 17.3 Å². The molecule has 1 aliphatic heterocycles. The lowest BCUT2D eigenvalue weighted by atomic mass is 10.0. The number of piperidine rings is 1. The largest absolute Gasteiger partial charge is 0.444 e. The molecule has 0 saturated carbocycles. The molecule has 134 valence electrons. The number of likely N-dealkylation sites (tertiary alicyclic amines) is 1. The van der Waals surface area contributed by atoms with Crippen molar-refractivity contribution in [2.45, 2.75) is 63.6 Å². The summed E-state index contributed by atoms with van der Waals surface area (Å²) in [5.41, 5.74) is -0.239. The van der Waals surface area contributed by atoms with Crippen LogP contribution in [0.2, 0.25) is 0 Å². The Balaban J connectivity index is 2.19. The average Bonchev–Trinajstić information content (AvgIpc) is 2.45. The summed E-state index contributed by atoms with van der Waals surface area (Å²) in [6.07, 6.45) is 4.74. The number of aromatic nitrogens is 2. The van der Waals surface area contributed by atoms with Crippen LogP contribution in [0.25, 0.3) is 0 Å². The highest BCUT2D eigenvalue weighted by Gasteiger charge is 2.34. The fraction of sp³-hybridized carbons (Fsp3) is 0.688. The molecule has 1 aromatic rings. The summed E-state index contributed by atoms with van der Waals surface area (Å²) in [7, 11) is -3.62. The highest BCUT2D eigenvalue weighted by atomic mass is 32.2. The van der Waals surface area contributed by atoms with E-state index in [1.54, 1.807) is 27.7 Å². The van der Waals surface area contributed by atoms with Gasteiger partial charge in [0, 0.05) is 25.0 Å². The highest BCUT2D eigenvalue weighted by molar-refractivity contribution is 7.91.